The van der Waals surface area contributed by atoms with Gasteiger partial charge in [-0.15, -0.1) is 0 Å². The van der Waals surface area contributed by atoms with Crippen LogP contribution in [0.4, 0.5) is 0 Å². The predicted octanol–water partition coefficient (Wildman–Crippen LogP) is 1.95. The number of hydrogen-bond acceptors (Lipinski definition) is 3. The molecule has 3 rings (SSSR count). The summed E-state index contributed by atoms with van der Waals surface area (Å²) in [5, 5.41) is 2.87. The number of nitrogens with one attached hydrogen (secondary N) is 2. The summed E-state index contributed by atoms with van der Waals surface area (Å²) in [4.78, 5) is 22.5. The van der Waals surface area contributed by atoms with Crippen LogP contribution in [0.25, 0.3) is 0 Å². The molecule has 1 aliphatic carbocycles. The number of fused-ring (bicyclic) bond motifs is 1. The van der Waals surface area contributed by atoms with E-state index in [1.165, 1.54) is 30.7 Å². The van der Waals surface area contributed by atoms with Gasteiger partial charge in [0.2, 0.25) is 5.91 Å². The number of amides is 1. The van der Waals surface area contributed by atoms with Crippen molar-refractivity contribution in [3.8, 4) is 0 Å². The maximum Gasteiger partial charge on any atom is 0.221 e. The Morgan fingerprint density at radius 3 is 3.05 bits per heavy atom. The van der Waals surface area contributed by atoms with E-state index in [4.69, 9.17) is 4.98 Å². The Morgan fingerprint density at radius 1 is 1.38 bits per heavy atom. The van der Waals surface area contributed by atoms with Crippen LogP contribution >= 0.6 is 0 Å². The molecule has 1 aromatic rings. The van der Waals surface area contributed by atoms with E-state index in [1.807, 2.05) is 6.92 Å². The van der Waals surface area contributed by atoms with Crippen molar-refractivity contribution in [1.82, 2.24) is 20.2 Å². The van der Waals surface area contributed by atoms with Gasteiger partial charge in [-0.2, -0.15) is 0 Å². The Balaban J connectivity index is 1.63. The van der Waals surface area contributed by atoms with Crippen molar-refractivity contribution >= 4 is 5.91 Å². The molecular weight excluding hydrogens is 264 g/mol. The standard InChI is InChI=1S/C16H26N4O/c1-2-17-15(21)9-11-20-10-5-8-14(20)16-18-12-6-3-4-7-13(12)19-16/h14H,2-11H2,1H3,(H,17,21)(H,18,19)/t14-/m1/s1. The van der Waals surface area contributed by atoms with Crippen molar-refractivity contribution in [1.29, 1.82) is 0 Å². The molecule has 1 aromatic heterocycles. The zero-order chi connectivity index (χ0) is 14.7. The molecule has 2 heterocycles. The maximum atomic E-state index is 11.6. The number of likely N-dealkylation sites (tertiary alicyclic amines) is 1. The molecule has 0 bridgehead atoms. The summed E-state index contributed by atoms with van der Waals surface area (Å²) in [7, 11) is 0. The molecule has 116 valence electrons. The normalized spacial score (nSPS) is 22.2. The topological polar surface area (TPSA) is 61.0 Å². The average molecular weight is 290 g/mol. The molecule has 1 fully saturated rings. The van der Waals surface area contributed by atoms with Crippen LogP contribution in [0.15, 0.2) is 0 Å². The third kappa shape index (κ3) is 3.28. The predicted molar refractivity (Wildman–Crippen MR) is 82.1 cm³/mol. The van der Waals surface area contributed by atoms with Crippen LogP contribution in [-0.4, -0.2) is 40.4 Å². The summed E-state index contributed by atoms with van der Waals surface area (Å²) in [6.07, 6.45) is 7.76. The highest BCUT2D eigenvalue weighted by Crippen LogP contribution is 2.32. The van der Waals surface area contributed by atoms with E-state index in [1.54, 1.807) is 0 Å². The first-order valence-corrected chi connectivity index (χ1v) is 8.36. The molecule has 0 radical (unpaired) electrons. The molecule has 2 N–H and O–H groups in total. The van der Waals surface area contributed by atoms with Crippen LogP contribution in [0.1, 0.15) is 62.3 Å². The summed E-state index contributed by atoms with van der Waals surface area (Å²) in [6, 6.07) is 0.380. The molecule has 5 nitrogen and oxygen atoms in total. The lowest BCUT2D eigenvalue weighted by molar-refractivity contribution is -0.121. The Morgan fingerprint density at radius 2 is 2.24 bits per heavy atom. The molecule has 1 aliphatic heterocycles. The number of imidazole rings is 1. The number of aryl methyl sites for hydroxylation is 2. The lowest BCUT2D eigenvalue weighted by Gasteiger charge is -2.22. The SMILES string of the molecule is CCNC(=O)CCN1CCC[C@@H]1c1nc2c([nH]1)CCCC2. The zero-order valence-corrected chi connectivity index (χ0v) is 13.0. The fourth-order valence-electron chi connectivity index (χ4n) is 3.57. The van der Waals surface area contributed by atoms with Crippen LogP contribution in [-0.2, 0) is 17.6 Å². The molecule has 2 aliphatic rings. The molecule has 21 heavy (non-hydrogen) atoms. The molecular formula is C16H26N4O. The van der Waals surface area contributed by atoms with Crippen molar-refractivity contribution in [3.63, 3.8) is 0 Å². The Hall–Kier alpha value is -1.36. The zero-order valence-electron chi connectivity index (χ0n) is 13.0. The highest BCUT2D eigenvalue weighted by Gasteiger charge is 2.29. The summed E-state index contributed by atoms with van der Waals surface area (Å²) >= 11 is 0. The fraction of sp³-hybridized carbons (Fsp3) is 0.750. The first-order valence-electron chi connectivity index (χ1n) is 8.36. The lowest BCUT2D eigenvalue weighted by Crippen LogP contribution is -2.31. The van der Waals surface area contributed by atoms with Gasteiger partial charge in [-0.1, -0.05) is 0 Å². The van der Waals surface area contributed by atoms with E-state index in [0.717, 1.165) is 38.2 Å². The van der Waals surface area contributed by atoms with Crippen LogP contribution in [0.5, 0.6) is 0 Å². The van der Waals surface area contributed by atoms with Gasteiger partial charge < -0.3 is 10.3 Å². The third-order valence-electron chi connectivity index (χ3n) is 4.65. The van der Waals surface area contributed by atoms with Crippen LogP contribution < -0.4 is 5.32 Å². The van der Waals surface area contributed by atoms with E-state index in [2.05, 4.69) is 15.2 Å². The summed E-state index contributed by atoms with van der Waals surface area (Å²) in [6.45, 7) is 4.59. The van der Waals surface area contributed by atoms with Crippen molar-refractivity contribution in [2.45, 2.75) is 57.9 Å². The van der Waals surface area contributed by atoms with Crippen molar-refractivity contribution in [3.05, 3.63) is 17.2 Å². The number of carbonyl (C=O) groups excluding carboxylic acids is 1. The number of H-pyrrole nitrogens is 1. The fourth-order valence-corrected chi connectivity index (χ4v) is 3.57. The van der Waals surface area contributed by atoms with Crippen LogP contribution in [0.3, 0.4) is 0 Å². The summed E-state index contributed by atoms with van der Waals surface area (Å²) < 4.78 is 0. The minimum Gasteiger partial charge on any atom is -0.356 e. The van der Waals surface area contributed by atoms with Gasteiger partial charge in [-0.3, -0.25) is 9.69 Å². The maximum absolute atomic E-state index is 11.6. The molecule has 0 unspecified atom stereocenters. The van der Waals surface area contributed by atoms with Gasteiger partial charge >= 0.3 is 0 Å². The minimum absolute atomic E-state index is 0.155. The van der Waals surface area contributed by atoms with Crippen LogP contribution in [0, 0.1) is 0 Å². The average Bonchev–Trinajstić information content (AvgIpc) is 3.11. The second-order valence-electron chi connectivity index (χ2n) is 6.15. The van der Waals surface area contributed by atoms with E-state index >= 15 is 0 Å². The van der Waals surface area contributed by atoms with E-state index in [0.29, 0.717) is 19.0 Å². The quantitative estimate of drug-likeness (QED) is 0.871. The van der Waals surface area contributed by atoms with E-state index in [9.17, 15) is 4.79 Å². The first kappa shape index (κ1) is 14.6. The Bertz CT molecular complexity index is 473. The highest BCUT2D eigenvalue weighted by atomic mass is 16.1. The highest BCUT2D eigenvalue weighted by molar-refractivity contribution is 5.75. The molecule has 1 amide bonds. The second kappa shape index (κ2) is 6.60. The molecule has 0 aromatic carbocycles. The van der Waals surface area contributed by atoms with Gasteiger partial charge in [-0.05, 0) is 52.0 Å². The lowest BCUT2D eigenvalue weighted by atomic mass is 10.0. The van der Waals surface area contributed by atoms with Crippen molar-refractivity contribution in [2.75, 3.05) is 19.6 Å². The number of rotatable bonds is 5. The van der Waals surface area contributed by atoms with Gasteiger partial charge in [-0.25, -0.2) is 4.98 Å². The molecule has 0 spiro atoms. The number of hydrogen-bond donors (Lipinski definition) is 2. The monoisotopic (exact) mass is 290 g/mol. The Labute approximate surface area is 126 Å². The summed E-state index contributed by atoms with van der Waals surface area (Å²) in [5.41, 5.74) is 2.64. The number of nitrogens with zero attached hydrogens (tertiary/aromatic N) is 2. The van der Waals surface area contributed by atoms with Crippen LogP contribution in [0.2, 0.25) is 0 Å². The number of aromatic amines is 1. The van der Waals surface area contributed by atoms with Gasteiger partial charge in [0.1, 0.15) is 5.82 Å². The Kier molecular flexibility index (Phi) is 4.58. The van der Waals surface area contributed by atoms with Gasteiger partial charge in [0.05, 0.1) is 11.7 Å². The van der Waals surface area contributed by atoms with Crippen molar-refractivity contribution in [2.24, 2.45) is 0 Å². The van der Waals surface area contributed by atoms with Gasteiger partial charge in [0, 0.05) is 25.2 Å². The van der Waals surface area contributed by atoms with Gasteiger partial charge in [0.25, 0.3) is 0 Å². The van der Waals surface area contributed by atoms with Crippen molar-refractivity contribution < 1.29 is 4.79 Å². The number of carbonyl (C=O) groups is 1. The van der Waals surface area contributed by atoms with E-state index in [-0.39, 0.29) is 5.91 Å². The van der Waals surface area contributed by atoms with Gasteiger partial charge in [0.15, 0.2) is 0 Å². The number of aromatic nitrogens is 2. The van der Waals surface area contributed by atoms with E-state index < -0.39 is 0 Å². The molecule has 0 saturated carbocycles. The largest absolute Gasteiger partial charge is 0.356 e. The second-order valence-corrected chi connectivity index (χ2v) is 6.15. The first-order chi connectivity index (χ1) is 10.3. The molecule has 5 heteroatoms. The minimum atomic E-state index is 0.155. The molecule has 1 atom stereocenters. The summed E-state index contributed by atoms with van der Waals surface area (Å²) in [5.74, 6) is 1.29. The smallest absolute Gasteiger partial charge is 0.221 e. The third-order valence-corrected chi connectivity index (χ3v) is 4.65. The molecule has 1 saturated heterocycles.